The zero-order chi connectivity index (χ0) is 18.5. The number of hydrogen-bond donors (Lipinski definition) is 2. The maximum absolute atomic E-state index is 12.3. The molecule has 0 fully saturated rings. The summed E-state index contributed by atoms with van der Waals surface area (Å²) < 4.78 is 5.01. The number of hydrazone groups is 1. The van der Waals surface area contributed by atoms with E-state index < -0.39 is 5.91 Å². The Morgan fingerprint density at radius 3 is 2.62 bits per heavy atom. The molecule has 0 aliphatic rings. The fourth-order valence-electron chi connectivity index (χ4n) is 2.23. The van der Waals surface area contributed by atoms with Crippen molar-refractivity contribution in [2.75, 3.05) is 5.32 Å². The lowest BCUT2D eigenvalue weighted by Gasteiger charge is -2.07. The van der Waals surface area contributed by atoms with Crippen LogP contribution in [0, 0.1) is 6.92 Å². The molecule has 0 atom stereocenters. The minimum absolute atomic E-state index is 0.152. The van der Waals surface area contributed by atoms with Crippen molar-refractivity contribution in [1.29, 1.82) is 0 Å². The van der Waals surface area contributed by atoms with Gasteiger partial charge in [-0.15, -0.1) is 11.3 Å². The Balaban J connectivity index is 1.69. The van der Waals surface area contributed by atoms with Gasteiger partial charge in [0.1, 0.15) is 0 Å². The summed E-state index contributed by atoms with van der Waals surface area (Å²) in [6.45, 7) is 3.73. The van der Waals surface area contributed by atoms with Gasteiger partial charge in [-0.05, 0) is 55.8 Å². The molecule has 2 heterocycles. The Bertz CT molecular complexity index is 958. The standard InChI is InChI=1S/C19H17N3O3S/c1-12-8-9-17(26-12)19(24)20-15-6-3-5-14(11-15)13(2)21-22-18(23)16-7-4-10-25-16/h3-11H,1-2H3,(H,20,24)(H,22,23). The Hall–Kier alpha value is -3.19. The molecule has 6 nitrogen and oxygen atoms in total. The first-order valence-electron chi connectivity index (χ1n) is 7.89. The second kappa shape index (κ2) is 7.79. The number of amides is 2. The lowest BCUT2D eigenvalue weighted by Crippen LogP contribution is -2.18. The van der Waals surface area contributed by atoms with Crippen LogP contribution in [0.15, 0.2) is 64.3 Å². The predicted molar refractivity (Wildman–Crippen MR) is 102 cm³/mol. The molecule has 0 saturated heterocycles. The van der Waals surface area contributed by atoms with E-state index >= 15 is 0 Å². The first-order valence-corrected chi connectivity index (χ1v) is 8.71. The van der Waals surface area contributed by atoms with Gasteiger partial charge in [-0.1, -0.05) is 12.1 Å². The van der Waals surface area contributed by atoms with Crippen molar-refractivity contribution in [3.63, 3.8) is 0 Å². The minimum Gasteiger partial charge on any atom is -0.459 e. The van der Waals surface area contributed by atoms with E-state index in [1.807, 2.05) is 25.1 Å². The summed E-state index contributed by atoms with van der Waals surface area (Å²) >= 11 is 1.44. The number of thiophene rings is 1. The third kappa shape index (κ3) is 4.25. The van der Waals surface area contributed by atoms with Gasteiger partial charge >= 0.3 is 5.91 Å². The Morgan fingerprint density at radius 1 is 1.08 bits per heavy atom. The van der Waals surface area contributed by atoms with Crippen molar-refractivity contribution < 1.29 is 14.0 Å². The van der Waals surface area contributed by atoms with Crippen molar-refractivity contribution in [3.05, 3.63) is 75.9 Å². The molecule has 2 N–H and O–H groups in total. The predicted octanol–water partition coefficient (Wildman–Crippen LogP) is 4.06. The number of rotatable bonds is 5. The van der Waals surface area contributed by atoms with Crippen LogP contribution < -0.4 is 10.7 Å². The van der Waals surface area contributed by atoms with E-state index in [1.165, 1.54) is 17.6 Å². The van der Waals surface area contributed by atoms with Crippen molar-refractivity contribution in [2.45, 2.75) is 13.8 Å². The van der Waals surface area contributed by atoms with Crippen molar-refractivity contribution in [2.24, 2.45) is 5.10 Å². The van der Waals surface area contributed by atoms with Crippen molar-refractivity contribution >= 4 is 34.6 Å². The number of hydrogen-bond acceptors (Lipinski definition) is 5. The van der Waals surface area contributed by atoms with E-state index in [0.717, 1.165) is 10.4 Å². The van der Waals surface area contributed by atoms with Crippen LogP contribution in [-0.4, -0.2) is 17.5 Å². The molecule has 2 amide bonds. The molecule has 26 heavy (non-hydrogen) atoms. The van der Waals surface area contributed by atoms with E-state index in [1.54, 1.807) is 37.3 Å². The molecule has 0 aliphatic heterocycles. The summed E-state index contributed by atoms with van der Waals surface area (Å²) in [5.74, 6) is -0.387. The second-order valence-corrected chi connectivity index (χ2v) is 6.85. The zero-order valence-electron chi connectivity index (χ0n) is 14.3. The van der Waals surface area contributed by atoms with Crippen LogP contribution in [0.3, 0.4) is 0 Å². The average molecular weight is 367 g/mol. The highest BCUT2D eigenvalue weighted by Crippen LogP contribution is 2.18. The van der Waals surface area contributed by atoms with Gasteiger partial charge in [0.25, 0.3) is 5.91 Å². The summed E-state index contributed by atoms with van der Waals surface area (Å²) in [6, 6.07) is 14.2. The van der Waals surface area contributed by atoms with Gasteiger partial charge in [-0.25, -0.2) is 5.43 Å². The van der Waals surface area contributed by atoms with Crippen molar-refractivity contribution in [3.8, 4) is 0 Å². The van der Waals surface area contributed by atoms with Crippen LogP contribution in [0.1, 0.15) is 37.6 Å². The van der Waals surface area contributed by atoms with Crippen LogP contribution in [0.25, 0.3) is 0 Å². The SMILES string of the molecule is CC(=NNC(=O)c1ccco1)c1cccc(NC(=O)c2ccc(C)s2)c1. The molecule has 0 unspecified atom stereocenters. The second-order valence-electron chi connectivity index (χ2n) is 5.56. The molecule has 0 bridgehead atoms. The van der Waals surface area contributed by atoms with Gasteiger partial charge in [-0.2, -0.15) is 5.10 Å². The van der Waals surface area contributed by atoms with Gasteiger partial charge in [0, 0.05) is 10.6 Å². The molecule has 132 valence electrons. The number of carbonyl (C=O) groups is 2. The van der Waals surface area contributed by atoms with E-state index in [-0.39, 0.29) is 11.7 Å². The first kappa shape index (κ1) is 17.6. The fourth-order valence-corrected chi connectivity index (χ4v) is 3.00. The fraction of sp³-hybridized carbons (Fsp3) is 0.105. The number of nitrogens with zero attached hydrogens (tertiary/aromatic N) is 1. The van der Waals surface area contributed by atoms with E-state index in [9.17, 15) is 9.59 Å². The largest absolute Gasteiger partial charge is 0.459 e. The Labute approximate surface area is 154 Å². The topological polar surface area (TPSA) is 83.7 Å². The highest BCUT2D eigenvalue weighted by molar-refractivity contribution is 7.14. The highest BCUT2D eigenvalue weighted by atomic mass is 32.1. The summed E-state index contributed by atoms with van der Waals surface area (Å²) in [6.07, 6.45) is 1.42. The monoisotopic (exact) mass is 367 g/mol. The van der Waals surface area contributed by atoms with E-state index in [2.05, 4.69) is 15.8 Å². The van der Waals surface area contributed by atoms with Crippen LogP contribution >= 0.6 is 11.3 Å². The van der Waals surface area contributed by atoms with Gasteiger partial charge in [0.2, 0.25) is 0 Å². The molecule has 7 heteroatoms. The maximum atomic E-state index is 12.3. The smallest absolute Gasteiger partial charge is 0.307 e. The number of benzene rings is 1. The van der Waals surface area contributed by atoms with Gasteiger partial charge in [-0.3, -0.25) is 9.59 Å². The summed E-state index contributed by atoms with van der Waals surface area (Å²) in [5, 5.41) is 6.95. The molecular formula is C19H17N3O3S. The summed E-state index contributed by atoms with van der Waals surface area (Å²) in [7, 11) is 0. The van der Waals surface area contributed by atoms with Gasteiger partial charge in [0.05, 0.1) is 16.9 Å². The third-order valence-electron chi connectivity index (χ3n) is 3.57. The Kier molecular flexibility index (Phi) is 5.28. The molecule has 0 spiro atoms. The molecule has 3 aromatic rings. The normalized spacial score (nSPS) is 11.2. The molecule has 0 saturated carbocycles. The minimum atomic E-state index is -0.424. The van der Waals surface area contributed by atoms with Crippen LogP contribution in [0.2, 0.25) is 0 Å². The molecule has 0 radical (unpaired) electrons. The number of aryl methyl sites for hydroxylation is 1. The highest BCUT2D eigenvalue weighted by Gasteiger charge is 2.10. The number of anilines is 1. The maximum Gasteiger partial charge on any atom is 0.307 e. The molecule has 1 aromatic carbocycles. The molecule has 2 aromatic heterocycles. The zero-order valence-corrected chi connectivity index (χ0v) is 15.1. The molecular weight excluding hydrogens is 350 g/mol. The van der Waals surface area contributed by atoms with Crippen molar-refractivity contribution in [1.82, 2.24) is 5.43 Å². The Morgan fingerprint density at radius 2 is 1.92 bits per heavy atom. The first-order chi connectivity index (χ1) is 12.5. The van der Waals surface area contributed by atoms with E-state index in [4.69, 9.17) is 4.42 Å². The lowest BCUT2D eigenvalue weighted by molar-refractivity contribution is 0.0926. The lowest BCUT2D eigenvalue weighted by atomic mass is 10.1. The molecule has 0 aliphatic carbocycles. The number of nitrogens with one attached hydrogen (secondary N) is 2. The number of furan rings is 1. The average Bonchev–Trinajstić information content (AvgIpc) is 3.31. The summed E-state index contributed by atoms with van der Waals surface area (Å²) in [5.41, 5.74) is 4.49. The molecule has 3 rings (SSSR count). The van der Waals surface area contributed by atoms with Gasteiger partial charge < -0.3 is 9.73 Å². The number of carbonyl (C=O) groups excluding carboxylic acids is 2. The quantitative estimate of drug-likeness (QED) is 0.527. The van der Waals surface area contributed by atoms with Gasteiger partial charge in [0.15, 0.2) is 5.76 Å². The summed E-state index contributed by atoms with van der Waals surface area (Å²) in [4.78, 5) is 25.8. The third-order valence-corrected chi connectivity index (χ3v) is 4.57. The van der Waals surface area contributed by atoms with E-state index in [0.29, 0.717) is 16.3 Å². The van der Waals surface area contributed by atoms with Crippen LogP contribution in [0.5, 0.6) is 0 Å². The van der Waals surface area contributed by atoms with Crippen LogP contribution in [-0.2, 0) is 0 Å². The van der Waals surface area contributed by atoms with Crippen LogP contribution in [0.4, 0.5) is 5.69 Å².